The molecule has 0 amide bonds. The highest BCUT2D eigenvalue weighted by Crippen LogP contribution is 2.58. The number of aryl methyl sites for hydroxylation is 1. The van der Waals surface area contributed by atoms with Gasteiger partial charge in [-0.2, -0.15) is 0 Å². The molecule has 0 atom stereocenters. The molecule has 1 spiro atoms. The van der Waals surface area contributed by atoms with E-state index >= 15 is 0 Å². The van der Waals surface area contributed by atoms with Crippen LogP contribution in [0.4, 0.5) is 0 Å². The van der Waals surface area contributed by atoms with Gasteiger partial charge in [-0.1, -0.05) is 48.9 Å². The van der Waals surface area contributed by atoms with E-state index in [1.54, 1.807) is 0 Å². The van der Waals surface area contributed by atoms with Gasteiger partial charge in [0.1, 0.15) is 5.82 Å². The van der Waals surface area contributed by atoms with E-state index in [1.807, 2.05) is 12.3 Å². The Labute approximate surface area is 165 Å². The fourth-order valence-corrected chi connectivity index (χ4v) is 5.20. The second-order valence-corrected chi connectivity index (χ2v) is 8.14. The fraction of sp³-hybridized carbons (Fsp3) is 0.192. The van der Waals surface area contributed by atoms with Gasteiger partial charge in [0.2, 0.25) is 0 Å². The molecule has 2 nitrogen and oxygen atoms in total. The molecule has 2 aromatic carbocycles. The Morgan fingerprint density at radius 1 is 0.929 bits per heavy atom. The van der Waals surface area contributed by atoms with Crippen LogP contribution < -0.4 is 0 Å². The van der Waals surface area contributed by atoms with Crippen molar-refractivity contribution in [3.8, 4) is 5.82 Å². The summed E-state index contributed by atoms with van der Waals surface area (Å²) in [6, 6.07) is 24.1. The average molecular weight is 362 g/mol. The zero-order valence-electron chi connectivity index (χ0n) is 16.0. The second kappa shape index (κ2) is 5.68. The van der Waals surface area contributed by atoms with Crippen molar-refractivity contribution < 1.29 is 0 Å². The van der Waals surface area contributed by atoms with E-state index in [2.05, 4.69) is 78.2 Å². The summed E-state index contributed by atoms with van der Waals surface area (Å²) in [6.45, 7) is 2.20. The fourth-order valence-electron chi connectivity index (χ4n) is 5.20. The molecule has 2 heteroatoms. The van der Waals surface area contributed by atoms with Crippen LogP contribution in [0.3, 0.4) is 0 Å². The van der Waals surface area contributed by atoms with E-state index in [1.165, 1.54) is 58.1 Å². The number of allylic oxidation sites excluding steroid dienone is 1. The first-order valence-electron chi connectivity index (χ1n) is 10.1. The molecule has 0 bridgehead atoms. The maximum atomic E-state index is 4.71. The monoisotopic (exact) mass is 362 g/mol. The summed E-state index contributed by atoms with van der Waals surface area (Å²) in [7, 11) is 0. The van der Waals surface area contributed by atoms with Gasteiger partial charge >= 0.3 is 0 Å². The van der Waals surface area contributed by atoms with Gasteiger partial charge in [-0.25, -0.2) is 4.98 Å². The van der Waals surface area contributed by atoms with Crippen molar-refractivity contribution >= 4 is 22.6 Å². The smallest absolute Gasteiger partial charge is 0.137 e. The largest absolute Gasteiger partial charge is 0.294 e. The van der Waals surface area contributed by atoms with E-state index in [9.17, 15) is 0 Å². The molecule has 0 unspecified atom stereocenters. The van der Waals surface area contributed by atoms with Gasteiger partial charge in [0, 0.05) is 17.0 Å². The van der Waals surface area contributed by atoms with Crippen LogP contribution in [-0.2, 0) is 5.41 Å². The van der Waals surface area contributed by atoms with Crippen LogP contribution in [0.5, 0.6) is 0 Å². The third kappa shape index (κ3) is 2.00. The summed E-state index contributed by atoms with van der Waals surface area (Å²) in [5.41, 5.74) is 8.36. The lowest BCUT2D eigenvalue weighted by molar-refractivity contribution is 0.331. The zero-order chi connectivity index (χ0) is 18.7. The molecule has 0 N–H and O–H groups in total. The van der Waals surface area contributed by atoms with Crippen LogP contribution in [0, 0.1) is 6.92 Å². The SMILES string of the molecule is Cc1cccc2c1cc(C1=Cc3ccccc3C13CCC3)n2-c1ccccn1. The summed E-state index contributed by atoms with van der Waals surface area (Å²) in [6.07, 6.45) is 8.08. The van der Waals surface area contributed by atoms with E-state index in [0.717, 1.165) is 5.82 Å². The molecule has 4 aromatic rings. The lowest BCUT2D eigenvalue weighted by atomic mass is 9.61. The molecule has 0 radical (unpaired) electrons. The highest BCUT2D eigenvalue weighted by molar-refractivity contribution is 5.99. The molecule has 1 saturated carbocycles. The Balaban J connectivity index is 1.67. The maximum absolute atomic E-state index is 4.71. The minimum atomic E-state index is 0.172. The van der Waals surface area contributed by atoms with E-state index in [4.69, 9.17) is 4.98 Å². The predicted molar refractivity (Wildman–Crippen MR) is 116 cm³/mol. The lowest BCUT2D eigenvalue weighted by Gasteiger charge is -2.42. The summed E-state index contributed by atoms with van der Waals surface area (Å²) in [4.78, 5) is 4.71. The number of pyridine rings is 1. The molecule has 2 heterocycles. The highest BCUT2D eigenvalue weighted by atomic mass is 15.1. The molecule has 28 heavy (non-hydrogen) atoms. The molecule has 6 rings (SSSR count). The van der Waals surface area contributed by atoms with Gasteiger partial charge in [-0.05, 0) is 72.4 Å². The second-order valence-electron chi connectivity index (χ2n) is 8.14. The standard InChI is InChI=1S/C26H22N2/c1-18-8-6-11-23-20(18)17-24(28(23)25-12-4-5-15-27-25)22-16-19-9-2-3-10-21(19)26(22)13-7-14-26/h2-6,8-12,15-17H,7,13-14H2,1H3. The van der Waals surface area contributed by atoms with Gasteiger partial charge in [-0.15, -0.1) is 0 Å². The van der Waals surface area contributed by atoms with Crippen molar-refractivity contribution in [2.24, 2.45) is 0 Å². The summed E-state index contributed by atoms with van der Waals surface area (Å²) < 4.78 is 2.36. The van der Waals surface area contributed by atoms with Crippen LogP contribution in [0.15, 0.2) is 72.9 Å². The molecule has 1 fully saturated rings. The summed E-state index contributed by atoms with van der Waals surface area (Å²) in [5.74, 6) is 0.990. The van der Waals surface area contributed by atoms with E-state index in [0.29, 0.717) is 0 Å². The molecular formula is C26H22N2. The molecule has 2 aliphatic carbocycles. The Morgan fingerprint density at radius 2 is 1.79 bits per heavy atom. The highest BCUT2D eigenvalue weighted by Gasteiger charge is 2.47. The quantitative estimate of drug-likeness (QED) is 0.408. The normalized spacial score (nSPS) is 16.8. The minimum Gasteiger partial charge on any atom is -0.294 e. The van der Waals surface area contributed by atoms with Crippen molar-refractivity contribution in [1.82, 2.24) is 9.55 Å². The maximum Gasteiger partial charge on any atom is 0.137 e. The molecule has 0 aliphatic heterocycles. The lowest BCUT2D eigenvalue weighted by Crippen LogP contribution is -2.34. The van der Waals surface area contributed by atoms with E-state index in [-0.39, 0.29) is 5.41 Å². The summed E-state index contributed by atoms with van der Waals surface area (Å²) >= 11 is 0. The average Bonchev–Trinajstić information content (AvgIpc) is 3.25. The van der Waals surface area contributed by atoms with Crippen LogP contribution in [0.2, 0.25) is 0 Å². The van der Waals surface area contributed by atoms with Crippen LogP contribution in [0.1, 0.15) is 41.6 Å². The number of nitrogens with zero attached hydrogens (tertiary/aromatic N) is 2. The van der Waals surface area contributed by atoms with Crippen molar-refractivity contribution in [2.75, 3.05) is 0 Å². The number of hydrogen-bond donors (Lipinski definition) is 0. The third-order valence-electron chi connectivity index (χ3n) is 6.72. The predicted octanol–water partition coefficient (Wildman–Crippen LogP) is 6.31. The van der Waals surface area contributed by atoms with Gasteiger partial charge in [0.05, 0.1) is 11.2 Å². The Kier molecular flexibility index (Phi) is 3.22. The van der Waals surface area contributed by atoms with Crippen LogP contribution in [0.25, 0.3) is 28.4 Å². The van der Waals surface area contributed by atoms with E-state index < -0.39 is 0 Å². The molecular weight excluding hydrogens is 340 g/mol. The number of aromatic nitrogens is 2. The third-order valence-corrected chi connectivity index (χ3v) is 6.72. The number of benzene rings is 2. The number of rotatable bonds is 2. The minimum absolute atomic E-state index is 0.172. The van der Waals surface area contributed by atoms with Gasteiger partial charge in [-0.3, -0.25) is 4.57 Å². The molecule has 2 aliphatic rings. The van der Waals surface area contributed by atoms with Crippen molar-refractivity contribution in [1.29, 1.82) is 0 Å². The summed E-state index contributed by atoms with van der Waals surface area (Å²) in [5, 5.41) is 1.31. The first kappa shape index (κ1) is 15.9. The van der Waals surface area contributed by atoms with Gasteiger partial charge < -0.3 is 0 Å². The number of fused-ring (bicyclic) bond motifs is 3. The Bertz CT molecular complexity index is 1240. The Hall–Kier alpha value is -3.13. The van der Waals surface area contributed by atoms with Crippen molar-refractivity contribution in [3.05, 3.63) is 95.3 Å². The molecule has 136 valence electrons. The van der Waals surface area contributed by atoms with Crippen molar-refractivity contribution in [2.45, 2.75) is 31.6 Å². The first-order valence-corrected chi connectivity index (χ1v) is 10.1. The Morgan fingerprint density at radius 3 is 2.57 bits per heavy atom. The van der Waals surface area contributed by atoms with Gasteiger partial charge in [0.25, 0.3) is 0 Å². The molecule has 0 saturated heterocycles. The van der Waals surface area contributed by atoms with Crippen molar-refractivity contribution in [3.63, 3.8) is 0 Å². The topological polar surface area (TPSA) is 17.8 Å². The van der Waals surface area contributed by atoms with Crippen LogP contribution in [-0.4, -0.2) is 9.55 Å². The van der Waals surface area contributed by atoms with Crippen LogP contribution >= 0.6 is 0 Å². The zero-order valence-corrected chi connectivity index (χ0v) is 16.0. The number of hydrogen-bond acceptors (Lipinski definition) is 1. The first-order chi connectivity index (χ1) is 13.8. The van der Waals surface area contributed by atoms with Gasteiger partial charge in [0.15, 0.2) is 0 Å². The molecule has 2 aromatic heterocycles.